The van der Waals surface area contributed by atoms with Crippen LogP contribution in [0.1, 0.15) is 11.3 Å². The number of aromatic nitrogens is 4. The Morgan fingerprint density at radius 2 is 1.67 bits per heavy atom. The molecule has 0 bridgehead atoms. The quantitative estimate of drug-likeness (QED) is 0.533. The lowest BCUT2D eigenvalue weighted by molar-refractivity contribution is 0.915. The van der Waals surface area contributed by atoms with E-state index in [2.05, 4.69) is 46.5 Å². The van der Waals surface area contributed by atoms with Crippen LogP contribution in [0.2, 0.25) is 0 Å². The fraction of sp³-hybridized carbons (Fsp3) is 0.118. The summed E-state index contributed by atoms with van der Waals surface area (Å²) in [5, 5.41) is 15.6. The third-order valence-electron chi connectivity index (χ3n) is 3.72. The normalized spacial score (nSPS) is 11.3. The monoisotopic (exact) mass is 274 g/mol. The SMILES string of the molecule is Cc1cccc(-c2nnc3c4ccccc4c(C)nn23)c1. The average Bonchev–Trinajstić information content (AvgIpc) is 2.91. The topological polar surface area (TPSA) is 43.1 Å². The van der Waals surface area contributed by atoms with E-state index in [0.717, 1.165) is 33.5 Å². The summed E-state index contributed by atoms with van der Waals surface area (Å²) in [6.07, 6.45) is 0. The third-order valence-corrected chi connectivity index (χ3v) is 3.72. The minimum atomic E-state index is 0.780. The lowest BCUT2D eigenvalue weighted by atomic mass is 10.1. The van der Waals surface area contributed by atoms with Gasteiger partial charge in [0, 0.05) is 16.3 Å². The van der Waals surface area contributed by atoms with Gasteiger partial charge >= 0.3 is 0 Å². The van der Waals surface area contributed by atoms with E-state index in [1.165, 1.54) is 5.56 Å². The molecular weight excluding hydrogens is 260 g/mol. The van der Waals surface area contributed by atoms with Gasteiger partial charge in [-0.3, -0.25) is 0 Å². The van der Waals surface area contributed by atoms with Gasteiger partial charge in [-0.2, -0.15) is 9.61 Å². The summed E-state index contributed by atoms with van der Waals surface area (Å²) in [4.78, 5) is 0. The van der Waals surface area contributed by atoms with Crippen molar-refractivity contribution in [2.75, 3.05) is 0 Å². The molecule has 0 atom stereocenters. The van der Waals surface area contributed by atoms with E-state index in [4.69, 9.17) is 0 Å². The molecule has 0 amide bonds. The molecule has 0 spiro atoms. The smallest absolute Gasteiger partial charge is 0.186 e. The number of hydrogen-bond donors (Lipinski definition) is 0. The van der Waals surface area contributed by atoms with Gasteiger partial charge in [0.15, 0.2) is 11.5 Å². The second-order valence-electron chi connectivity index (χ2n) is 5.26. The second-order valence-corrected chi connectivity index (χ2v) is 5.26. The Hall–Kier alpha value is -2.75. The molecule has 0 fully saturated rings. The highest BCUT2D eigenvalue weighted by molar-refractivity contribution is 5.95. The average molecular weight is 274 g/mol. The molecule has 2 heterocycles. The molecule has 4 nitrogen and oxygen atoms in total. The second kappa shape index (κ2) is 4.38. The van der Waals surface area contributed by atoms with E-state index in [0.29, 0.717) is 0 Å². The Morgan fingerprint density at radius 3 is 2.48 bits per heavy atom. The van der Waals surface area contributed by atoms with Crippen molar-refractivity contribution >= 4 is 16.4 Å². The molecule has 0 saturated carbocycles. The van der Waals surface area contributed by atoms with Gasteiger partial charge in [-0.25, -0.2) is 0 Å². The maximum absolute atomic E-state index is 4.66. The Kier molecular flexibility index (Phi) is 2.51. The first-order chi connectivity index (χ1) is 10.2. The number of benzene rings is 2. The van der Waals surface area contributed by atoms with E-state index in [1.807, 2.05) is 35.7 Å². The van der Waals surface area contributed by atoms with Crippen LogP contribution in [0.3, 0.4) is 0 Å². The number of nitrogens with zero attached hydrogens (tertiary/aromatic N) is 4. The fourth-order valence-corrected chi connectivity index (χ4v) is 2.70. The molecule has 0 aliphatic heterocycles. The molecule has 0 N–H and O–H groups in total. The predicted octanol–water partition coefficient (Wildman–Crippen LogP) is 3.56. The summed E-state index contributed by atoms with van der Waals surface area (Å²) in [5.74, 6) is 0.780. The molecule has 0 saturated heterocycles. The molecule has 4 heteroatoms. The van der Waals surface area contributed by atoms with Crippen LogP contribution < -0.4 is 0 Å². The van der Waals surface area contributed by atoms with E-state index in [1.54, 1.807) is 0 Å². The molecule has 2 aromatic heterocycles. The van der Waals surface area contributed by atoms with Crippen LogP contribution in [0.25, 0.3) is 27.8 Å². The summed E-state index contributed by atoms with van der Waals surface area (Å²) >= 11 is 0. The highest BCUT2D eigenvalue weighted by atomic mass is 15.4. The number of fused-ring (bicyclic) bond motifs is 3. The van der Waals surface area contributed by atoms with E-state index in [9.17, 15) is 0 Å². The largest absolute Gasteiger partial charge is 0.192 e. The van der Waals surface area contributed by atoms with Crippen LogP contribution in [0, 0.1) is 13.8 Å². The lowest BCUT2D eigenvalue weighted by Crippen LogP contribution is -1.99. The first-order valence-corrected chi connectivity index (χ1v) is 6.92. The molecule has 102 valence electrons. The maximum atomic E-state index is 4.66. The molecule has 0 unspecified atom stereocenters. The lowest BCUT2D eigenvalue weighted by Gasteiger charge is -2.05. The van der Waals surface area contributed by atoms with Gasteiger partial charge in [-0.05, 0) is 19.9 Å². The molecule has 0 aliphatic rings. The van der Waals surface area contributed by atoms with Gasteiger partial charge in [0.1, 0.15) is 0 Å². The van der Waals surface area contributed by atoms with Crippen LogP contribution >= 0.6 is 0 Å². The summed E-state index contributed by atoms with van der Waals surface area (Å²) in [5.41, 5.74) is 4.01. The van der Waals surface area contributed by atoms with E-state index < -0.39 is 0 Å². The summed E-state index contributed by atoms with van der Waals surface area (Å²) in [6, 6.07) is 16.4. The van der Waals surface area contributed by atoms with Gasteiger partial charge in [0.05, 0.1) is 5.69 Å². The van der Waals surface area contributed by atoms with E-state index >= 15 is 0 Å². The van der Waals surface area contributed by atoms with Crippen LogP contribution in [-0.2, 0) is 0 Å². The number of aryl methyl sites for hydroxylation is 2. The van der Waals surface area contributed by atoms with Crippen LogP contribution in [0.15, 0.2) is 48.5 Å². The molecule has 21 heavy (non-hydrogen) atoms. The molecule has 2 aromatic carbocycles. The highest BCUT2D eigenvalue weighted by Crippen LogP contribution is 2.24. The Morgan fingerprint density at radius 1 is 0.857 bits per heavy atom. The third kappa shape index (κ3) is 1.80. The Bertz CT molecular complexity index is 969. The van der Waals surface area contributed by atoms with Crippen LogP contribution in [-0.4, -0.2) is 19.8 Å². The zero-order valence-corrected chi connectivity index (χ0v) is 11.9. The standard InChI is InChI=1S/C17H14N4/c1-11-6-5-7-13(10-11)16-18-19-17-15-9-4-3-8-14(15)12(2)20-21(16)17/h3-10H,1-2H3. The Balaban J connectivity index is 2.09. The van der Waals surface area contributed by atoms with E-state index in [-0.39, 0.29) is 0 Å². The van der Waals surface area contributed by atoms with Crippen LogP contribution in [0.5, 0.6) is 0 Å². The van der Waals surface area contributed by atoms with Crippen molar-refractivity contribution in [2.24, 2.45) is 0 Å². The fourth-order valence-electron chi connectivity index (χ4n) is 2.70. The number of rotatable bonds is 1. The van der Waals surface area contributed by atoms with Gasteiger partial charge in [-0.1, -0.05) is 48.0 Å². The number of hydrogen-bond acceptors (Lipinski definition) is 3. The van der Waals surface area contributed by atoms with Crippen molar-refractivity contribution in [1.82, 2.24) is 19.8 Å². The van der Waals surface area contributed by atoms with Crippen molar-refractivity contribution in [2.45, 2.75) is 13.8 Å². The molecule has 4 rings (SSSR count). The zero-order chi connectivity index (χ0) is 14.4. The van der Waals surface area contributed by atoms with Crippen molar-refractivity contribution in [1.29, 1.82) is 0 Å². The first kappa shape index (κ1) is 12.0. The molecule has 0 aliphatic carbocycles. The summed E-state index contributed by atoms with van der Waals surface area (Å²) in [7, 11) is 0. The summed E-state index contributed by atoms with van der Waals surface area (Å²) in [6.45, 7) is 4.09. The predicted molar refractivity (Wildman–Crippen MR) is 83.2 cm³/mol. The molecular formula is C17H14N4. The molecule has 4 aromatic rings. The van der Waals surface area contributed by atoms with Gasteiger partial charge in [0.2, 0.25) is 0 Å². The minimum absolute atomic E-state index is 0.780. The van der Waals surface area contributed by atoms with Crippen molar-refractivity contribution < 1.29 is 0 Å². The van der Waals surface area contributed by atoms with Gasteiger partial charge in [0.25, 0.3) is 0 Å². The van der Waals surface area contributed by atoms with Crippen molar-refractivity contribution in [3.63, 3.8) is 0 Å². The van der Waals surface area contributed by atoms with Crippen molar-refractivity contribution in [3.05, 3.63) is 59.8 Å². The van der Waals surface area contributed by atoms with Gasteiger partial charge in [-0.15, -0.1) is 10.2 Å². The van der Waals surface area contributed by atoms with Gasteiger partial charge < -0.3 is 0 Å². The highest BCUT2D eigenvalue weighted by Gasteiger charge is 2.13. The van der Waals surface area contributed by atoms with Crippen LogP contribution in [0.4, 0.5) is 0 Å². The maximum Gasteiger partial charge on any atom is 0.186 e. The summed E-state index contributed by atoms with van der Waals surface area (Å²) < 4.78 is 1.84. The zero-order valence-electron chi connectivity index (χ0n) is 11.9. The Labute approximate surface area is 122 Å². The minimum Gasteiger partial charge on any atom is -0.192 e. The van der Waals surface area contributed by atoms with Crippen molar-refractivity contribution in [3.8, 4) is 11.4 Å². The first-order valence-electron chi connectivity index (χ1n) is 6.92. The molecule has 0 radical (unpaired) electrons.